The average molecular weight is 273 g/mol. The number of nitrogens with zero attached hydrogens (tertiary/aromatic N) is 1. The zero-order valence-corrected chi connectivity index (χ0v) is 12.0. The number of methoxy groups -OCH3 is 1. The second-order valence-electron chi connectivity index (χ2n) is 5.73. The standard InChI is InChI=1S/C13H23NO5/c1-13(2,3)19-12(17)14-8-7-9(15)5-6-10(14)11(16)18-4/h9-10,15H,5-8H2,1-4H3/t9?,10-/m0/s1. The first-order valence-corrected chi connectivity index (χ1v) is 6.50. The first-order valence-electron chi connectivity index (χ1n) is 6.50. The van der Waals surface area contributed by atoms with Gasteiger partial charge in [-0.15, -0.1) is 0 Å². The Kier molecular flexibility index (Phi) is 5.17. The van der Waals surface area contributed by atoms with Gasteiger partial charge in [0.25, 0.3) is 0 Å². The van der Waals surface area contributed by atoms with Crippen LogP contribution in [0, 0.1) is 0 Å². The van der Waals surface area contributed by atoms with Crippen LogP contribution in [-0.4, -0.2) is 53.5 Å². The highest BCUT2D eigenvalue weighted by atomic mass is 16.6. The molecular weight excluding hydrogens is 250 g/mol. The molecule has 1 aliphatic rings. The van der Waals surface area contributed by atoms with Crippen LogP contribution in [-0.2, 0) is 14.3 Å². The summed E-state index contributed by atoms with van der Waals surface area (Å²) in [7, 11) is 1.29. The van der Waals surface area contributed by atoms with Crippen molar-refractivity contribution in [2.45, 2.75) is 57.8 Å². The molecule has 0 aromatic heterocycles. The number of esters is 1. The average Bonchev–Trinajstić information content (AvgIpc) is 2.48. The Bertz CT molecular complexity index is 336. The van der Waals surface area contributed by atoms with Crippen LogP contribution in [0.2, 0.25) is 0 Å². The zero-order valence-electron chi connectivity index (χ0n) is 12.0. The quantitative estimate of drug-likeness (QED) is 0.729. The summed E-state index contributed by atoms with van der Waals surface area (Å²) >= 11 is 0. The summed E-state index contributed by atoms with van der Waals surface area (Å²) in [6.45, 7) is 5.59. The molecule has 1 unspecified atom stereocenters. The molecule has 6 heteroatoms. The lowest BCUT2D eigenvalue weighted by Gasteiger charge is -2.30. The van der Waals surface area contributed by atoms with E-state index in [9.17, 15) is 14.7 Å². The Balaban J connectivity index is 2.84. The van der Waals surface area contributed by atoms with E-state index in [1.165, 1.54) is 12.0 Å². The summed E-state index contributed by atoms with van der Waals surface area (Å²) in [6.07, 6.45) is 0.246. The van der Waals surface area contributed by atoms with Crippen molar-refractivity contribution in [3.8, 4) is 0 Å². The fourth-order valence-electron chi connectivity index (χ4n) is 2.01. The molecule has 1 N–H and O–H groups in total. The highest BCUT2D eigenvalue weighted by molar-refractivity contribution is 5.81. The lowest BCUT2D eigenvalue weighted by Crippen LogP contribution is -2.47. The van der Waals surface area contributed by atoms with Crippen LogP contribution >= 0.6 is 0 Å². The van der Waals surface area contributed by atoms with Crippen LogP contribution in [0.1, 0.15) is 40.0 Å². The van der Waals surface area contributed by atoms with Crippen LogP contribution in [0.3, 0.4) is 0 Å². The second kappa shape index (κ2) is 6.23. The fraction of sp³-hybridized carbons (Fsp3) is 0.846. The summed E-state index contributed by atoms with van der Waals surface area (Å²) in [5.74, 6) is -0.472. The molecule has 1 amide bonds. The Morgan fingerprint density at radius 3 is 2.37 bits per heavy atom. The number of hydrogen-bond acceptors (Lipinski definition) is 5. The molecule has 0 spiro atoms. The van der Waals surface area contributed by atoms with Gasteiger partial charge in [0.2, 0.25) is 0 Å². The van der Waals surface area contributed by atoms with Gasteiger partial charge in [0, 0.05) is 6.54 Å². The van der Waals surface area contributed by atoms with Crippen molar-refractivity contribution in [3.63, 3.8) is 0 Å². The summed E-state index contributed by atoms with van der Waals surface area (Å²) in [6, 6.07) is -0.683. The number of carbonyl (C=O) groups is 2. The number of carbonyl (C=O) groups excluding carboxylic acids is 2. The minimum Gasteiger partial charge on any atom is -0.467 e. The summed E-state index contributed by atoms with van der Waals surface area (Å²) in [5, 5.41) is 9.66. The fourth-order valence-corrected chi connectivity index (χ4v) is 2.01. The Labute approximate surface area is 113 Å². The summed E-state index contributed by atoms with van der Waals surface area (Å²) < 4.78 is 10.0. The predicted octanol–water partition coefficient (Wildman–Crippen LogP) is 1.31. The number of aliphatic hydroxyl groups excluding tert-OH is 1. The SMILES string of the molecule is COC(=O)[C@@H]1CCC(O)CCN1C(=O)OC(C)(C)C. The second-order valence-corrected chi connectivity index (χ2v) is 5.73. The van der Waals surface area contributed by atoms with Crippen molar-refractivity contribution in [2.75, 3.05) is 13.7 Å². The van der Waals surface area contributed by atoms with E-state index in [0.717, 1.165) is 0 Å². The molecule has 1 aliphatic heterocycles. The van der Waals surface area contributed by atoms with Crippen LogP contribution in [0.4, 0.5) is 4.79 Å². The van der Waals surface area contributed by atoms with Gasteiger partial charge < -0.3 is 14.6 Å². The van der Waals surface area contributed by atoms with Gasteiger partial charge in [0.05, 0.1) is 13.2 Å². The molecule has 1 fully saturated rings. The third-order valence-corrected chi connectivity index (χ3v) is 2.95. The van der Waals surface area contributed by atoms with E-state index in [0.29, 0.717) is 19.3 Å². The van der Waals surface area contributed by atoms with Gasteiger partial charge in [-0.3, -0.25) is 4.90 Å². The number of rotatable bonds is 1. The van der Waals surface area contributed by atoms with Crippen LogP contribution < -0.4 is 0 Å². The maximum Gasteiger partial charge on any atom is 0.411 e. The zero-order chi connectivity index (χ0) is 14.6. The number of amides is 1. The minimum atomic E-state index is -0.683. The lowest BCUT2D eigenvalue weighted by molar-refractivity contribution is -0.146. The molecule has 19 heavy (non-hydrogen) atoms. The number of ether oxygens (including phenoxy) is 2. The van der Waals surface area contributed by atoms with Crippen LogP contribution in [0.15, 0.2) is 0 Å². The van der Waals surface area contributed by atoms with Crippen molar-refractivity contribution in [3.05, 3.63) is 0 Å². The first kappa shape index (κ1) is 15.8. The van der Waals surface area contributed by atoms with E-state index in [1.807, 2.05) is 0 Å². The topological polar surface area (TPSA) is 76.1 Å². The molecule has 0 aliphatic carbocycles. The molecule has 1 heterocycles. The van der Waals surface area contributed by atoms with Crippen molar-refractivity contribution >= 4 is 12.1 Å². The van der Waals surface area contributed by atoms with Crippen LogP contribution in [0.25, 0.3) is 0 Å². The number of hydrogen-bond donors (Lipinski definition) is 1. The number of aliphatic hydroxyl groups is 1. The molecule has 0 aromatic carbocycles. The van der Waals surface area contributed by atoms with Gasteiger partial charge in [-0.1, -0.05) is 0 Å². The summed E-state index contributed by atoms with van der Waals surface area (Å²) in [5.41, 5.74) is -0.622. The maximum absolute atomic E-state index is 12.1. The van der Waals surface area contributed by atoms with E-state index in [4.69, 9.17) is 9.47 Å². The summed E-state index contributed by atoms with van der Waals surface area (Å²) in [4.78, 5) is 25.2. The van der Waals surface area contributed by atoms with Gasteiger partial charge in [0.1, 0.15) is 11.6 Å². The smallest absolute Gasteiger partial charge is 0.411 e. The van der Waals surface area contributed by atoms with Gasteiger partial charge in [-0.2, -0.15) is 0 Å². The molecule has 0 radical (unpaired) electrons. The molecule has 2 atom stereocenters. The van der Waals surface area contributed by atoms with Crippen molar-refractivity contribution in [1.82, 2.24) is 4.90 Å². The normalized spacial score (nSPS) is 24.6. The van der Waals surface area contributed by atoms with Gasteiger partial charge in [-0.25, -0.2) is 9.59 Å². The van der Waals surface area contributed by atoms with E-state index in [2.05, 4.69) is 0 Å². The van der Waals surface area contributed by atoms with Crippen molar-refractivity contribution in [2.24, 2.45) is 0 Å². The van der Waals surface area contributed by atoms with Gasteiger partial charge in [-0.05, 0) is 40.0 Å². The molecule has 110 valence electrons. The maximum atomic E-state index is 12.1. The predicted molar refractivity (Wildman–Crippen MR) is 68.6 cm³/mol. The van der Waals surface area contributed by atoms with Crippen molar-refractivity contribution < 1.29 is 24.2 Å². The third-order valence-electron chi connectivity index (χ3n) is 2.95. The Morgan fingerprint density at radius 2 is 1.84 bits per heavy atom. The monoisotopic (exact) mass is 273 g/mol. The molecule has 0 bridgehead atoms. The van der Waals surface area contributed by atoms with E-state index in [1.54, 1.807) is 20.8 Å². The van der Waals surface area contributed by atoms with Crippen LogP contribution in [0.5, 0.6) is 0 Å². The van der Waals surface area contributed by atoms with Gasteiger partial charge >= 0.3 is 12.1 Å². The lowest BCUT2D eigenvalue weighted by atomic mass is 10.1. The molecule has 0 aromatic rings. The largest absolute Gasteiger partial charge is 0.467 e. The number of likely N-dealkylation sites (tertiary alicyclic amines) is 1. The van der Waals surface area contributed by atoms with E-state index < -0.39 is 29.8 Å². The van der Waals surface area contributed by atoms with Gasteiger partial charge in [0.15, 0.2) is 0 Å². The van der Waals surface area contributed by atoms with E-state index in [-0.39, 0.29) is 6.54 Å². The molecule has 1 rings (SSSR count). The molecule has 0 saturated carbocycles. The van der Waals surface area contributed by atoms with Crippen molar-refractivity contribution in [1.29, 1.82) is 0 Å². The molecular formula is C13H23NO5. The Morgan fingerprint density at radius 1 is 1.21 bits per heavy atom. The molecule has 1 saturated heterocycles. The first-order chi connectivity index (χ1) is 8.74. The highest BCUT2D eigenvalue weighted by Crippen LogP contribution is 2.21. The third kappa shape index (κ3) is 4.70. The molecule has 6 nitrogen and oxygen atoms in total. The van der Waals surface area contributed by atoms with E-state index >= 15 is 0 Å². The Hall–Kier alpha value is -1.30. The minimum absolute atomic E-state index is 0.288. The highest BCUT2D eigenvalue weighted by Gasteiger charge is 2.35.